The summed E-state index contributed by atoms with van der Waals surface area (Å²) in [5.41, 5.74) is 0. The standard InChI is InChI=1S/C12H23N/c1-5-7-8-12(13-6-2)10-9-11(3)4/h1,11-13H,6-10H2,2-4H3. The van der Waals surface area contributed by atoms with Crippen LogP contribution >= 0.6 is 0 Å². The second-order valence-corrected chi connectivity index (χ2v) is 3.97. The van der Waals surface area contributed by atoms with Crippen LogP contribution in [0, 0.1) is 18.3 Å². The first-order chi connectivity index (χ1) is 6.20. The Morgan fingerprint density at radius 1 is 1.23 bits per heavy atom. The van der Waals surface area contributed by atoms with Crippen LogP contribution in [0.3, 0.4) is 0 Å². The minimum Gasteiger partial charge on any atom is -0.314 e. The quantitative estimate of drug-likeness (QED) is 0.596. The third-order valence-corrected chi connectivity index (χ3v) is 2.22. The average Bonchev–Trinajstić information content (AvgIpc) is 2.09. The Morgan fingerprint density at radius 3 is 2.38 bits per heavy atom. The highest BCUT2D eigenvalue weighted by atomic mass is 14.9. The van der Waals surface area contributed by atoms with Gasteiger partial charge in [0, 0.05) is 12.5 Å². The maximum Gasteiger partial charge on any atom is 0.0101 e. The van der Waals surface area contributed by atoms with Gasteiger partial charge in [-0.1, -0.05) is 20.8 Å². The number of rotatable bonds is 7. The van der Waals surface area contributed by atoms with Crippen molar-refractivity contribution >= 4 is 0 Å². The lowest BCUT2D eigenvalue weighted by molar-refractivity contribution is 0.420. The molecule has 1 nitrogen and oxygen atoms in total. The molecule has 0 aliphatic heterocycles. The van der Waals surface area contributed by atoms with E-state index in [1.165, 1.54) is 12.8 Å². The van der Waals surface area contributed by atoms with E-state index in [2.05, 4.69) is 32.0 Å². The van der Waals surface area contributed by atoms with Gasteiger partial charge in [-0.3, -0.25) is 0 Å². The Hall–Kier alpha value is -0.480. The summed E-state index contributed by atoms with van der Waals surface area (Å²) >= 11 is 0. The van der Waals surface area contributed by atoms with Crippen LogP contribution in [0.15, 0.2) is 0 Å². The predicted molar refractivity (Wildman–Crippen MR) is 59.6 cm³/mol. The van der Waals surface area contributed by atoms with Gasteiger partial charge in [0.05, 0.1) is 0 Å². The maximum atomic E-state index is 5.25. The van der Waals surface area contributed by atoms with Crippen LogP contribution < -0.4 is 5.32 Å². The highest BCUT2D eigenvalue weighted by Gasteiger charge is 2.06. The monoisotopic (exact) mass is 181 g/mol. The summed E-state index contributed by atoms with van der Waals surface area (Å²) in [4.78, 5) is 0. The van der Waals surface area contributed by atoms with Crippen LogP contribution in [-0.4, -0.2) is 12.6 Å². The first-order valence-electron chi connectivity index (χ1n) is 5.37. The summed E-state index contributed by atoms with van der Waals surface area (Å²) < 4.78 is 0. The minimum atomic E-state index is 0.628. The molecule has 1 unspecified atom stereocenters. The Bertz CT molecular complexity index is 144. The summed E-state index contributed by atoms with van der Waals surface area (Å²) in [6.45, 7) is 7.74. The first kappa shape index (κ1) is 12.5. The van der Waals surface area contributed by atoms with Crippen molar-refractivity contribution in [2.24, 2.45) is 5.92 Å². The normalized spacial score (nSPS) is 12.8. The van der Waals surface area contributed by atoms with Gasteiger partial charge < -0.3 is 5.32 Å². The predicted octanol–water partition coefficient (Wildman–Crippen LogP) is 2.81. The van der Waals surface area contributed by atoms with Crippen LogP contribution in [0.4, 0.5) is 0 Å². The van der Waals surface area contributed by atoms with E-state index in [-0.39, 0.29) is 0 Å². The van der Waals surface area contributed by atoms with Gasteiger partial charge in [-0.2, -0.15) is 0 Å². The Balaban J connectivity index is 3.61. The molecule has 13 heavy (non-hydrogen) atoms. The fourth-order valence-electron chi connectivity index (χ4n) is 1.43. The van der Waals surface area contributed by atoms with Crippen LogP contribution in [0.1, 0.15) is 46.5 Å². The molecule has 0 aromatic rings. The lowest BCUT2D eigenvalue weighted by Crippen LogP contribution is -2.29. The SMILES string of the molecule is C#CCCC(CCC(C)C)NCC. The molecule has 0 radical (unpaired) electrons. The Kier molecular flexibility index (Phi) is 7.83. The third kappa shape index (κ3) is 7.87. The fourth-order valence-corrected chi connectivity index (χ4v) is 1.43. The number of terminal acetylenes is 1. The molecular formula is C12H23N. The summed E-state index contributed by atoms with van der Waals surface area (Å²) in [7, 11) is 0. The molecule has 0 aliphatic rings. The lowest BCUT2D eigenvalue weighted by atomic mass is 10.0. The molecule has 0 amide bonds. The Morgan fingerprint density at radius 2 is 1.92 bits per heavy atom. The average molecular weight is 181 g/mol. The van der Waals surface area contributed by atoms with Gasteiger partial charge in [0.2, 0.25) is 0 Å². The zero-order valence-corrected chi connectivity index (χ0v) is 9.27. The molecule has 0 spiro atoms. The van der Waals surface area contributed by atoms with E-state index in [4.69, 9.17) is 6.42 Å². The molecule has 1 N–H and O–H groups in total. The molecule has 0 bridgehead atoms. The van der Waals surface area contributed by atoms with Crippen molar-refractivity contribution in [1.82, 2.24) is 5.32 Å². The van der Waals surface area contributed by atoms with Crippen molar-refractivity contribution in [3.05, 3.63) is 0 Å². The van der Waals surface area contributed by atoms with Crippen LogP contribution in [0.25, 0.3) is 0 Å². The van der Waals surface area contributed by atoms with Crippen molar-refractivity contribution < 1.29 is 0 Å². The molecule has 0 aliphatic carbocycles. The van der Waals surface area contributed by atoms with Crippen molar-refractivity contribution in [2.45, 2.75) is 52.5 Å². The third-order valence-electron chi connectivity index (χ3n) is 2.22. The molecule has 0 aromatic carbocycles. The summed E-state index contributed by atoms with van der Waals surface area (Å²) in [6.07, 6.45) is 9.82. The van der Waals surface area contributed by atoms with Crippen molar-refractivity contribution in [2.75, 3.05) is 6.54 Å². The van der Waals surface area contributed by atoms with Crippen LogP contribution in [0.5, 0.6) is 0 Å². The first-order valence-corrected chi connectivity index (χ1v) is 5.37. The van der Waals surface area contributed by atoms with E-state index < -0.39 is 0 Å². The highest BCUT2D eigenvalue weighted by Crippen LogP contribution is 2.10. The van der Waals surface area contributed by atoms with Gasteiger partial charge >= 0.3 is 0 Å². The molecule has 0 heterocycles. The van der Waals surface area contributed by atoms with Gasteiger partial charge in [0.25, 0.3) is 0 Å². The van der Waals surface area contributed by atoms with Crippen LogP contribution in [-0.2, 0) is 0 Å². The van der Waals surface area contributed by atoms with E-state index in [9.17, 15) is 0 Å². The fraction of sp³-hybridized carbons (Fsp3) is 0.833. The summed E-state index contributed by atoms with van der Waals surface area (Å²) in [5.74, 6) is 3.50. The molecule has 0 rings (SSSR count). The molecule has 0 fully saturated rings. The second kappa shape index (κ2) is 8.13. The van der Waals surface area contributed by atoms with Crippen LogP contribution in [0.2, 0.25) is 0 Å². The zero-order valence-electron chi connectivity index (χ0n) is 9.27. The number of nitrogens with one attached hydrogen (secondary N) is 1. The van der Waals surface area contributed by atoms with Gasteiger partial charge in [-0.05, 0) is 31.7 Å². The molecule has 1 atom stereocenters. The number of hydrogen-bond acceptors (Lipinski definition) is 1. The van der Waals surface area contributed by atoms with Crippen molar-refractivity contribution in [3.63, 3.8) is 0 Å². The largest absolute Gasteiger partial charge is 0.314 e. The van der Waals surface area contributed by atoms with Crippen molar-refractivity contribution in [1.29, 1.82) is 0 Å². The van der Waals surface area contributed by atoms with Gasteiger partial charge in [0.15, 0.2) is 0 Å². The molecular weight excluding hydrogens is 158 g/mol. The van der Waals surface area contributed by atoms with Crippen molar-refractivity contribution in [3.8, 4) is 12.3 Å². The minimum absolute atomic E-state index is 0.628. The van der Waals surface area contributed by atoms with E-state index >= 15 is 0 Å². The van der Waals surface area contributed by atoms with Gasteiger partial charge in [-0.15, -0.1) is 12.3 Å². The summed E-state index contributed by atoms with van der Waals surface area (Å²) in [5, 5.41) is 3.48. The van der Waals surface area contributed by atoms with Gasteiger partial charge in [0.1, 0.15) is 0 Å². The maximum absolute atomic E-state index is 5.25. The summed E-state index contributed by atoms with van der Waals surface area (Å²) in [6, 6.07) is 0.628. The van der Waals surface area contributed by atoms with E-state index in [0.29, 0.717) is 6.04 Å². The zero-order chi connectivity index (χ0) is 10.1. The molecule has 1 heteroatoms. The van der Waals surface area contributed by atoms with E-state index in [1.54, 1.807) is 0 Å². The van der Waals surface area contributed by atoms with E-state index in [1.807, 2.05) is 0 Å². The molecule has 76 valence electrons. The second-order valence-electron chi connectivity index (χ2n) is 3.97. The van der Waals surface area contributed by atoms with E-state index in [0.717, 1.165) is 25.3 Å². The topological polar surface area (TPSA) is 12.0 Å². The smallest absolute Gasteiger partial charge is 0.0101 e. The molecule has 0 saturated carbocycles. The highest BCUT2D eigenvalue weighted by molar-refractivity contribution is 4.85. The molecule has 0 aromatic heterocycles. The number of hydrogen-bond donors (Lipinski definition) is 1. The van der Waals surface area contributed by atoms with Gasteiger partial charge in [-0.25, -0.2) is 0 Å². The lowest BCUT2D eigenvalue weighted by Gasteiger charge is -2.17. The Labute approximate surface area is 83.3 Å². The molecule has 0 saturated heterocycles.